The molecule has 16 heteroatoms. The van der Waals surface area contributed by atoms with Crippen molar-refractivity contribution >= 4 is 35.8 Å². The van der Waals surface area contributed by atoms with E-state index in [0.29, 0.717) is 0 Å². The third-order valence-electron chi connectivity index (χ3n) is 13.0. The number of carbonyl (C=O) groups is 6. The van der Waals surface area contributed by atoms with Crippen LogP contribution in [0, 0.1) is 27.6 Å². The fraction of sp³-hybridized carbons (Fsp3) is 0.682. The second-order valence-electron chi connectivity index (χ2n) is 19.7. The predicted molar refractivity (Wildman–Crippen MR) is 212 cm³/mol. The molecule has 0 spiro atoms. The summed E-state index contributed by atoms with van der Waals surface area (Å²) in [5.74, 6) is -5.92. The Kier molecular flexibility index (Phi) is 12.6. The summed E-state index contributed by atoms with van der Waals surface area (Å²) in [6.45, 7) is 17.5. The van der Waals surface area contributed by atoms with E-state index in [1.54, 1.807) is 52.8 Å². The number of hydrogen-bond donors (Lipinski definition) is 4. The van der Waals surface area contributed by atoms with E-state index < -0.39 is 124 Å². The highest BCUT2D eigenvalue weighted by atomic mass is 16.8. The Labute approximate surface area is 350 Å². The van der Waals surface area contributed by atoms with Crippen LogP contribution in [0.2, 0.25) is 0 Å². The highest BCUT2D eigenvalue weighted by Gasteiger charge is 2.78. The van der Waals surface area contributed by atoms with E-state index in [4.69, 9.17) is 28.4 Å². The van der Waals surface area contributed by atoms with Crippen LogP contribution >= 0.6 is 0 Å². The fourth-order valence-electron chi connectivity index (χ4n) is 9.77. The number of hydrogen-bond acceptors (Lipinski definition) is 15. The lowest BCUT2D eigenvalue weighted by Gasteiger charge is -2.67. The van der Waals surface area contributed by atoms with E-state index in [9.17, 15) is 39.3 Å². The van der Waals surface area contributed by atoms with Gasteiger partial charge in [0.2, 0.25) is 5.91 Å². The van der Waals surface area contributed by atoms with E-state index in [1.807, 2.05) is 20.8 Å². The first kappa shape index (κ1) is 46.7. The van der Waals surface area contributed by atoms with E-state index in [1.165, 1.54) is 26.0 Å². The first-order chi connectivity index (χ1) is 27.6. The zero-order valence-electron chi connectivity index (χ0n) is 36.6. The van der Waals surface area contributed by atoms with Crippen molar-refractivity contribution in [2.75, 3.05) is 13.7 Å². The molecule has 332 valence electrons. The highest BCUT2D eigenvalue weighted by Crippen LogP contribution is 2.64. The van der Waals surface area contributed by atoms with Gasteiger partial charge < -0.3 is 49.1 Å². The van der Waals surface area contributed by atoms with Gasteiger partial charge in [0, 0.05) is 31.6 Å². The average Bonchev–Trinajstić information content (AvgIpc) is 3.13. The second-order valence-corrected chi connectivity index (χ2v) is 19.7. The van der Waals surface area contributed by atoms with Gasteiger partial charge in [0.15, 0.2) is 23.6 Å². The largest absolute Gasteiger partial charge is 0.508 e. The number of ether oxygens (including phenoxy) is 6. The van der Waals surface area contributed by atoms with Crippen LogP contribution in [0.25, 0.3) is 0 Å². The van der Waals surface area contributed by atoms with Crippen LogP contribution < -0.4 is 5.32 Å². The van der Waals surface area contributed by atoms with Crippen LogP contribution in [0.5, 0.6) is 0 Å². The standard InChI is InChI=1S/C44H61NO15/c1-22-25(58-37(52)30(49)33(40(6,7)8)45-28(48)20-39(3,4)5)19-44(54)35(59-36(51)24-16-14-13-15-17-24)32-42(11,34(50)31(57-23(2)46)29(22)41(44,9)10)26(47)18-27-43(32,21-56-27)60-38(53)55-12/h13-17,25-27,30-33,35,47,49,54H,18-21H2,1-12H3,(H,45,48)/t25-,26-,27?,30+,31+,32?,33+,35?,42+,43-,44+/m0/s1. The van der Waals surface area contributed by atoms with Crippen LogP contribution in [-0.2, 0) is 47.6 Å². The number of amides is 1. The van der Waals surface area contributed by atoms with E-state index >= 15 is 4.79 Å². The molecule has 0 aromatic heterocycles. The minimum Gasteiger partial charge on any atom is -0.456 e. The van der Waals surface area contributed by atoms with Crippen molar-refractivity contribution in [1.29, 1.82) is 0 Å². The summed E-state index contributed by atoms with van der Waals surface area (Å²) in [4.78, 5) is 83.0. The summed E-state index contributed by atoms with van der Waals surface area (Å²) in [7, 11) is 1.07. The van der Waals surface area contributed by atoms with Gasteiger partial charge in [-0.15, -0.1) is 0 Å². The normalized spacial score (nSPS) is 33.2. The van der Waals surface area contributed by atoms with Crippen molar-refractivity contribution in [2.45, 2.75) is 149 Å². The maximum Gasteiger partial charge on any atom is 0.508 e. The lowest BCUT2D eigenvalue weighted by atomic mass is 9.44. The van der Waals surface area contributed by atoms with Gasteiger partial charge in [-0.1, -0.05) is 73.6 Å². The number of carbonyl (C=O) groups excluding carboxylic acids is 6. The Bertz CT molecular complexity index is 1910. The molecule has 1 aliphatic heterocycles. The van der Waals surface area contributed by atoms with Crippen LogP contribution in [0.3, 0.4) is 0 Å². The molecule has 2 bridgehead atoms. The zero-order chi connectivity index (χ0) is 45.1. The molecule has 5 rings (SSSR count). The third-order valence-corrected chi connectivity index (χ3v) is 13.0. The van der Waals surface area contributed by atoms with Gasteiger partial charge in [0.05, 0.1) is 42.8 Å². The highest BCUT2D eigenvalue weighted by molar-refractivity contribution is 5.95. The monoisotopic (exact) mass is 843 g/mol. The maximum absolute atomic E-state index is 15.5. The number of ketones is 1. The van der Waals surface area contributed by atoms with Crippen LogP contribution in [0.1, 0.15) is 106 Å². The van der Waals surface area contributed by atoms with Gasteiger partial charge in [0.25, 0.3) is 0 Å². The summed E-state index contributed by atoms with van der Waals surface area (Å²) in [6, 6.07) is 6.66. The molecule has 11 atom stereocenters. The van der Waals surface area contributed by atoms with Crippen LogP contribution in [0.4, 0.5) is 4.79 Å². The lowest BCUT2D eigenvalue weighted by Crippen LogP contribution is -2.82. The number of aliphatic hydroxyl groups excluding tert-OH is 2. The topological polar surface area (TPSA) is 231 Å². The molecule has 16 nitrogen and oxygen atoms in total. The number of methoxy groups -OCH3 is 1. The van der Waals surface area contributed by atoms with E-state index in [0.717, 1.165) is 14.0 Å². The fourth-order valence-corrected chi connectivity index (χ4v) is 9.77. The van der Waals surface area contributed by atoms with Crippen molar-refractivity contribution in [3.8, 4) is 0 Å². The molecule has 4 N–H and O–H groups in total. The minimum absolute atomic E-state index is 0.00264. The molecule has 0 radical (unpaired) electrons. The smallest absolute Gasteiger partial charge is 0.456 e. The first-order valence-corrected chi connectivity index (χ1v) is 20.2. The SMILES string of the molecule is COC(=O)O[C@@]12COC1C[C@H](O)[C@@]1(C)C(=O)[C@H](OC(C)=O)C3=C(C)[C@@H](OC(=O)[C@H](O)[C@@H](NC(=O)CC(C)(C)C)C(C)(C)C)C[C@@](O)(C(OC(=O)c4ccccc4)C21)C3(C)C. The van der Waals surface area contributed by atoms with Crippen LogP contribution in [-0.4, -0.2) is 119 Å². The number of nitrogens with one attached hydrogen (secondary N) is 1. The second kappa shape index (κ2) is 16.1. The molecule has 1 aromatic rings. The predicted octanol–water partition coefficient (Wildman–Crippen LogP) is 3.75. The van der Waals surface area contributed by atoms with Crippen molar-refractivity contribution < 1.29 is 72.5 Å². The Balaban J connectivity index is 1.74. The molecule has 3 fully saturated rings. The zero-order valence-corrected chi connectivity index (χ0v) is 36.6. The Hall–Kier alpha value is -4.38. The number of Topliss-reactive ketones (excluding diaryl/α,β-unsaturated/α-hetero) is 1. The molecule has 3 aliphatic carbocycles. The molecule has 1 amide bonds. The number of esters is 3. The summed E-state index contributed by atoms with van der Waals surface area (Å²) < 4.78 is 35.0. The van der Waals surface area contributed by atoms with E-state index in [2.05, 4.69) is 5.32 Å². The number of benzene rings is 1. The molecule has 1 saturated heterocycles. The summed E-state index contributed by atoms with van der Waals surface area (Å²) >= 11 is 0. The summed E-state index contributed by atoms with van der Waals surface area (Å²) in [5.41, 5.74) is -9.08. The van der Waals surface area contributed by atoms with Gasteiger partial charge in [-0.25, -0.2) is 14.4 Å². The van der Waals surface area contributed by atoms with Crippen molar-refractivity contribution in [3.63, 3.8) is 0 Å². The number of fused-ring (bicyclic) bond motifs is 5. The molecule has 1 aromatic carbocycles. The molecule has 4 aliphatic rings. The Morgan fingerprint density at radius 1 is 0.983 bits per heavy atom. The Morgan fingerprint density at radius 3 is 2.12 bits per heavy atom. The van der Waals surface area contributed by atoms with Crippen molar-refractivity contribution in [1.82, 2.24) is 5.32 Å². The molecule has 1 heterocycles. The first-order valence-electron chi connectivity index (χ1n) is 20.2. The van der Waals surface area contributed by atoms with Gasteiger partial charge in [-0.2, -0.15) is 0 Å². The third kappa shape index (κ3) is 8.07. The molecular formula is C44H61NO15. The van der Waals surface area contributed by atoms with Crippen molar-refractivity contribution in [2.24, 2.45) is 27.6 Å². The van der Waals surface area contributed by atoms with Gasteiger partial charge >= 0.3 is 24.1 Å². The molecule has 60 heavy (non-hydrogen) atoms. The molecule has 2 saturated carbocycles. The average molecular weight is 844 g/mol. The quantitative estimate of drug-likeness (QED) is 0.158. The van der Waals surface area contributed by atoms with Gasteiger partial charge in [0.1, 0.15) is 23.9 Å². The number of rotatable bonds is 9. The van der Waals surface area contributed by atoms with E-state index in [-0.39, 0.29) is 36.2 Å². The summed E-state index contributed by atoms with van der Waals surface area (Å²) in [6.07, 6.45) is -11.6. The van der Waals surface area contributed by atoms with Crippen molar-refractivity contribution in [3.05, 3.63) is 47.0 Å². The summed E-state index contributed by atoms with van der Waals surface area (Å²) in [5, 5.41) is 40.1. The molecule has 3 unspecified atom stereocenters. The van der Waals surface area contributed by atoms with Crippen LogP contribution in [0.15, 0.2) is 41.5 Å². The van der Waals surface area contributed by atoms with Gasteiger partial charge in [-0.3, -0.25) is 14.4 Å². The number of aliphatic hydroxyl groups is 3. The minimum atomic E-state index is -2.40. The Morgan fingerprint density at radius 2 is 1.60 bits per heavy atom. The maximum atomic E-state index is 15.5. The van der Waals surface area contributed by atoms with Gasteiger partial charge in [-0.05, 0) is 48.0 Å². The molecular weight excluding hydrogens is 782 g/mol. The lowest BCUT2D eigenvalue weighted by molar-refractivity contribution is -0.344.